The van der Waals surface area contributed by atoms with Crippen LogP contribution in [0.2, 0.25) is 5.02 Å². The Morgan fingerprint density at radius 1 is 1.00 bits per heavy atom. The molecule has 1 amide bonds. The number of ether oxygens (including phenoxy) is 1. The van der Waals surface area contributed by atoms with E-state index in [4.69, 9.17) is 16.3 Å². The van der Waals surface area contributed by atoms with Crippen molar-refractivity contribution in [3.05, 3.63) is 100 Å². The highest BCUT2D eigenvalue weighted by Gasteiger charge is 2.41. The molecule has 3 aromatic carbocycles. The van der Waals surface area contributed by atoms with Gasteiger partial charge in [-0.25, -0.2) is 0 Å². The maximum Gasteiger partial charge on any atom is 0.227 e. The van der Waals surface area contributed by atoms with Crippen LogP contribution in [-0.4, -0.2) is 18.8 Å². The molecule has 2 aliphatic rings. The fourth-order valence-corrected chi connectivity index (χ4v) is 5.23. The minimum Gasteiger partial charge on any atom is -0.497 e. The van der Waals surface area contributed by atoms with Gasteiger partial charge in [-0.15, -0.1) is 0 Å². The molecule has 0 saturated heterocycles. The zero-order valence-corrected chi connectivity index (χ0v) is 20.5. The van der Waals surface area contributed by atoms with Crippen molar-refractivity contribution in [1.29, 1.82) is 0 Å². The highest BCUT2D eigenvalue weighted by Crippen LogP contribution is 2.47. The molecule has 2 atom stereocenters. The van der Waals surface area contributed by atoms with Gasteiger partial charge in [0, 0.05) is 29.1 Å². The number of carbonyl (C=O) groups excluding carboxylic acids is 2. The highest BCUT2D eigenvalue weighted by atomic mass is 35.5. The lowest BCUT2D eigenvalue weighted by molar-refractivity contribution is -0.119. The zero-order chi connectivity index (χ0) is 24.5. The second-order valence-corrected chi connectivity index (χ2v) is 9.34. The molecule has 1 heterocycles. The first-order chi connectivity index (χ1) is 17.0. The maximum absolute atomic E-state index is 13.9. The number of amides is 1. The number of Topliss-reactive ketones (excluding diaryl/α,β-unsaturated/α-hetero) is 1. The molecule has 178 valence electrons. The third-order valence-corrected chi connectivity index (χ3v) is 7.08. The number of benzene rings is 3. The summed E-state index contributed by atoms with van der Waals surface area (Å²) in [7, 11) is 1.64. The summed E-state index contributed by atoms with van der Waals surface area (Å²) < 4.78 is 5.30. The molecule has 0 fully saturated rings. The monoisotopic (exact) mass is 486 g/mol. The van der Waals surface area contributed by atoms with Gasteiger partial charge in [0.05, 0.1) is 24.5 Å². The number of halogens is 1. The van der Waals surface area contributed by atoms with Gasteiger partial charge in [0.15, 0.2) is 5.78 Å². The molecule has 1 aliphatic carbocycles. The summed E-state index contributed by atoms with van der Waals surface area (Å²) in [5.74, 6) is 0.819. The number of rotatable bonds is 4. The standard InChI is InChI=1S/C29H27ClN2O3/c1-3-27(34)32-25-7-5-4-6-23(25)31-24-16-20(18-10-14-22(35-2)15-11-18)17-26(33)28(24)29(32)19-8-12-21(30)13-9-19/h4-15,20,29,31H,3,16-17H2,1-2H3/t20-,29-/m1/s1. The quantitative estimate of drug-likeness (QED) is 0.448. The van der Waals surface area contributed by atoms with Crippen molar-refractivity contribution in [2.45, 2.75) is 38.1 Å². The van der Waals surface area contributed by atoms with Gasteiger partial charge in [-0.2, -0.15) is 0 Å². The van der Waals surface area contributed by atoms with Gasteiger partial charge < -0.3 is 10.1 Å². The van der Waals surface area contributed by atoms with Crippen LogP contribution in [0.5, 0.6) is 5.75 Å². The predicted octanol–water partition coefficient (Wildman–Crippen LogP) is 6.66. The highest BCUT2D eigenvalue weighted by molar-refractivity contribution is 6.30. The van der Waals surface area contributed by atoms with E-state index in [1.165, 1.54) is 0 Å². The summed E-state index contributed by atoms with van der Waals surface area (Å²) in [6, 6.07) is 22.6. The van der Waals surface area contributed by atoms with Crippen LogP contribution in [0.15, 0.2) is 84.1 Å². The lowest BCUT2D eigenvalue weighted by Gasteiger charge is -2.35. The van der Waals surface area contributed by atoms with Crippen molar-refractivity contribution in [3.63, 3.8) is 0 Å². The number of anilines is 2. The smallest absolute Gasteiger partial charge is 0.227 e. The van der Waals surface area contributed by atoms with E-state index in [2.05, 4.69) is 5.32 Å². The SMILES string of the molecule is CCC(=O)N1c2ccccc2NC2=C(C(=O)C[C@H](c3ccc(OC)cc3)C2)[C@H]1c1ccc(Cl)cc1. The summed E-state index contributed by atoms with van der Waals surface area (Å²) in [6.45, 7) is 1.85. The second kappa shape index (κ2) is 9.59. The van der Waals surface area contributed by atoms with Crippen LogP contribution < -0.4 is 15.0 Å². The second-order valence-electron chi connectivity index (χ2n) is 8.91. The molecule has 0 unspecified atom stereocenters. The largest absolute Gasteiger partial charge is 0.497 e. The fourth-order valence-electron chi connectivity index (χ4n) is 5.11. The van der Waals surface area contributed by atoms with Crippen LogP contribution in [0.25, 0.3) is 0 Å². The van der Waals surface area contributed by atoms with Crippen LogP contribution in [0.4, 0.5) is 11.4 Å². The molecule has 6 heteroatoms. The number of fused-ring (bicyclic) bond motifs is 1. The third kappa shape index (κ3) is 4.32. The van der Waals surface area contributed by atoms with E-state index in [1.54, 1.807) is 12.0 Å². The van der Waals surface area contributed by atoms with Crippen molar-refractivity contribution in [2.75, 3.05) is 17.3 Å². The lowest BCUT2D eigenvalue weighted by Crippen LogP contribution is -2.38. The number of para-hydroxylation sites is 2. The van der Waals surface area contributed by atoms with Crippen molar-refractivity contribution < 1.29 is 14.3 Å². The van der Waals surface area contributed by atoms with Gasteiger partial charge >= 0.3 is 0 Å². The van der Waals surface area contributed by atoms with Gasteiger partial charge in [-0.05, 0) is 59.9 Å². The van der Waals surface area contributed by atoms with Crippen LogP contribution >= 0.6 is 11.6 Å². The summed E-state index contributed by atoms with van der Waals surface area (Å²) in [4.78, 5) is 29.0. The molecule has 0 bridgehead atoms. The van der Waals surface area contributed by atoms with Crippen molar-refractivity contribution in [3.8, 4) is 5.75 Å². The Kier molecular flexibility index (Phi) is 6.35. The van der Waals surface area contributed by atoms with E-state index in [9.17, 15) is 9.59 Å². The fraction of sp³-hybridized carbons (Fsp3) is 0.241. The van der Waals surface area contributed by atoms with Gasteiger partial charge in [0.1, 0.15) is 5.75 Å². The normalized spacial score (nSPS) is 19.4. The number of carbonyl (C=O) groups is 2. The zero-order valence-electron chi connectivity index (χ0n) is 19.8. The molecule has 0 spiro atoms. The minimum atomic E-state index is -0.532. The van der Waals surface area contributed by atoms with Crippen LogP contribution in [0.3, 0.4) is 0 Å². The third-order valence-electron chi connectivity index (χ3n) is 6.83. The van der Waals surface area contributed by atoms with Gasteiger partial charge in [-0.3, -0.25) is 14.5 Å². The van der Waals surface area contributed by atoms with Gasteiger partial charge in [-0.1, -0.05) is 54.9 Å². The van der Waals surface area contributed by atoms with E-state index in [0.717, 1.165) is 33.9 Å². The first-order valence-electron chi connectivity index (χ1n) is 11.8. The van der Waals surface area contributed by atoms with E-state index in [-0.39, 0.29) is 17.6 Å². The summed E-state index contributed by atoms with van der Waals surface area (Å²) in [6.07, 6.45) is 1.37. The molecule has 3 aromatic rings. The van der Waals surface area contributed by atoms with E-state index >= 15 is 0 Å². The average molecular weight is 487 g/mol. The Morgan fingerprint density at radius 3 is 2.37 bits per heavy atom. The Balaban J connectivity index is 1.67. The number of nitrogens with one attached hydrogen (secondary N) is 1. The lowest BCUT2D eigenvalue weighted by atomic mass is 9.78. The number of allylic oxidation sites excluding steroid dienone is 1. The Bertz CT molecular complexity index is 1300. The van der Waals surface area contributed by atoms with Crippen LogP contribution in [0, 0.1) is 0 Å². The topological polar surface area (TPSA) is 58.6 Å². The molecule has 0 radical (unpaired) electrons. The number of hydrogen-bond donors (Lipinski definition) is 1. The number of hydrogen-bond acceptors (Lipinski definition) is 4. The first-order valence-corrected chi connectivity index (χ1v) is 12.2. The van der Waals surface area contributed by atoms with Crippen molar-refractivity contribution >= 4 is 34.7 Å². The first kappa shape index (κ1) is 23.2. The van der Waals surface area contributed by atoms with Crippen molar-refractivity contribution in [1.82, 2.24) is 0 Å². The number of ketones is 1. The molecular weight excluding hydrogens is 460 g/mol. The van der Waals surface area contributed by atoms with Crippen LogP contribution in [-0.2, 0) is 9.59 Å². The molecule has 5 rings (SSSR count). The predicted molar refractivity (Wildman–Crippen MR) is 139 cm³/mol. The van der Waals surface area contributed by atoms with Crippen molar-refractivity contribution in [2.24, 2.45) is 0 Å². The molecule has 5 nitrogen and oxygen atoms in total. The minimum absolute atomic E-state index is 0.0334. The molecule has 1 N–H and O–H groups in total. The Labute approximate surface area is 210 Å². The van der Waals surface area contributed by atoms with Crippen LogP contribution in [0.1, 0.15) is 49.3 Å². The molecule has 0 aromatic heterocycles. The maximum atomic E-state index is 13.9. The molecular formula is C29H27ClN2O3. The number of nitrogens with zero attached hydrogens (tertiary/aromatic N) is 1. The van der Waals surface area contributed by atoms with E-state index in [1.807, 2.05) is 79.7 Å². The van der Waals surface area contributed by atoms with Gasteiger partial charge in [0.25, 0.3) is 0 Å². The Morgan fingerprint density at radius 2 is 1.69 bits per heavy atom. The average Bonchev–Trinajstić information content (AvgIpc) is 3.03. The molecule has 1 aliphatic heterocycles. The van der Waals surface area contributed by atoms with E-state index in [0.29, 0.717) is 29.9 Å². The summed E-state index contributed by atoms with van der Waals surface area (Å²) >= 11 is 6.18. The summed E-state index contributed by atoms with van der Waals surface area (Å²) in [5.41, 5.74) is 5.05. The Hall–Kier alpha value is -3.57. The molecule has 0 saturated carbocycles. The molecule has 35 heavy (non-hydrogen) atoms. The number of methoxy groups -OCH3 is 1. The summed E-state index contributed by atoms with van der Waals surface area (Å²) in [5, 5.41) is 4.16. The van der Waals surface area contributed by atoms with Gasteiger partial charge in [0.2, 0.25) is 5.91 Å². The van der Waals surface area contributed by atoms with E-state index < -0.39 is 6.04 Å².